The smallest absolute Gasteiger partial charge is 0.273 e. The quantitative estimate of drug-likeness (QED) is 0.793. The zero-order chi connectivity index (χ0) is 11.5. The molecule has 0 bridgehead atoms. The number of hydrogen-bond donors (Lipinski definition) is 0. The van der Waals surface area contributed by atoms with Gasteiger partial charge in [-0.05, 0) is 18.8 Å². The van der Waals surface area contributed by atoms with Gasteiger partial charge in [-0.2, -0.15) is 0 Å². The van der Waals surface area contributed by atoms with Crippen molar-refractivity contribution in [3.63, 3.8) is 0 Å². The van der Waals surface area contributed by atoms with E-state index in [-0.39, 0.29) is 5.91 Å². The third-order valence-corrected chi connectivity index (χ3v) is 4.01. The van der Waals surface area contributed by atoms with Gasteiger partial charge in [0.15, 0.2) is 0 Å². The molecule has 1 aromatic rings. The first-order valence-corrected chi connectivity index (χ1v) is 6.78. The zero-order valence-corrected chi connectivity index (χ0v) is 10.7. The van der Waals surface area contributed by atoms with E-state index in [1.165, 1.54) is 24.2 Å². The SMILES string of the molecule is CC1CCCC(N(C)C(=O)c2cscn2)C1. The lowest BCUT2D eigenvalue weighted by Crippen LogP contribution is -2.39. The van der Waals surface area contributed by atoms with Gasteiger partial charge in [-0.3, -0.25) is 4.79 Å². The minimum atomic E-state index is 0.0698. The summed E-state index contributed by atoms with van der Waals surface area (Å²) in [5.41, 5.74) is 2.30. The van der Waals surface area contributed by atoms with Crippen molar-refractivity contribution in [2.75, 3.05) is 7.05 Å². The Morgan fingerprint density at radius 3 is 3.00 bits per heavy atom. The Hall–Kier alpha value is -0.900. The average molecular weight is 238 g/mol. The van der Waals surface area contributed by atoms with E-state index >= 15 is 0 Å². The molecule has 16 heavy (non-hydrogen) atoms. The number of nitrogens with zero attached hydrogens (tertiary/aromatic N) is 2. The van der Waals surface area contributed by atoms with E-state index in [1.807, 2.05) is 17.3 Å². The Bertz CT molecular complexity index is 350. The van der Waals surface area contributed by atoms with Gasteiger partial charge in [0.25, 0.3) is 5.91 Å². The first kappa shape index (κ1) is 11.6. The summed E-state index contributed by atoms with van der Waals surface area (Å²) in [6, 6.07) is 0.401. The van der Waals surface area contributed by atoms with Crippen LogP contribution in [0.1, 0.15) is 43.1 Å². The predicted octanol–water partition coefficient (Wildman–Crippen LogP) is 2.79. The number of carbonyl (C=O) groups is 1. The molecule has 0 radical (unpaired) electrons. The van der Waals surface area contributed by atoms with Crippen LogP contribution in [0.4, 0.5) is 0 Å². The van der Waals surface area contributed by atoms with Crippen molar-refractivity contribution >= 4 is 17.2 Å². The van der Waals surface area contributed by atoms with Crippen LogP contribution in [-0.4, -0.2) is 28.9 Å². The first-order chi connectivity index (χ1) is 7.68. The van der Waals surface area contributed by atoms with E-state index in [4.69, 9.17) is 0 Å². The maximum absolute atomic E-state index is 12.1. The maximum atomic E-state index is 12.1. The fourth-order valence-electron chi connectivity index (χ4n) is 2.42. The van der Waals surface area contributed by atoms with E-state index in [0.717, 1.165) is 18.8 Å². The summed E-state index contributed by atoms with van der Waals surface area (Å²) in [5, 5.41) is 1.82. The summed E-state index contributed by atoms with van der Waals surface area (Å²) in [6.45, 7) is 2.27. The van der Waals surface area contributed by atoms with Crippen molar-refractivity contribution in [3.8, 4) is 0 Å². The lowest BCUT2D eigenvalue weighted by atomic mass is 9.86. The molecule has 0 N–H and O–H groups in total. The first-order valence-electron chi connectivity index (χ1n) is 5.84. The molecule has 2 unspecified atom stereocenters. The molecule has 0 saturated heterocycles. The second-order valence-electron chi connectivity index (χ2n) is 4.72. The molecule has 2 atom stereocenters. The Morgan fingerprint density at radius 2 is 2.38 bits per heavy atom. The van der Waals surface area contributed by atoms with Gasteiger partial charge in [0, 0.05) is 18.5 Å². The van der Waals surface area contributed by atoms with E-state index in [1.54, 1.807) is 5.51 Å². The van der Waals surface area contributed by atoms with Crippen LogP contribution in [0.5, 0.6) is 0 Å². The molecule has 0 aliphatic heterocycles. The fourth-order valence-corrected chi connectivity index (χ4v) is 2.94. The molecule has 2 rings (SSSR count). The lowest BCUT2D eigenvalue weighted by Gasteiger charge is -2.33. The summed E-state index contributed by atoms with van der Waals surface area (Å²) in [6.07, 6.45) is 4.80. The second-order valence-corrected chi connectivity index (χ2v) is 5.43. The molecule has 1 aromatic heterocycles. The summed E-state index contributed by atoms with van der Waals surface area (Å²) >= 11 is 1.47. The van der Waals surface area contributed by atoms with Crippen molar-refractivity contribution in [2.24, 2.45) is 5.92 Å². The highest BCUT2D eigenvalue weighted by atomic mass is 32.1. The highest BCUT2D eigenvalue weighted by Crippen LogP contribution is 2.27. The largest absolute Gasteiger partial charge is 0.337 e. The van der Waals surface area contributed by atoms with Gasteiger partial charge < -0.3 is 4.90 Å². The van der Waals surface area contributed by atoms with E-state index < -0.39 is 0 Å². The molecule has 88 valence electrons. The van der Waals surface area contributed by atoms with Crippen LogP contribution in [0.25, 0.3) is 0 Å². The van der Waals surface area contributed by atoms with E-state index in [9.17, 15) is 4.79 Å². The molecular formula is C12H18N2OS. The Morgan fingerprint density at radius 1 is 1.56 bits per heavy atom. The molecule has 1 heterocycles. The van der Waals surface area contributed by atoms with E-state index in [2.05, 4.69) is 11.9 Å². The average Bonchev–Trinajstić information content (AvgIpc) is 2.80. The van der Waals surface area contributed by atoms with Gasteiger partial charge in [0.05, 0.1) is 5.51 Å². The van der Waals surface area contributed by atoms with Crippen molar-refractivity contribution < 1.29 is 4.79 Å². The normalized spacial score (nSPS) is 25.4. The Kier molecular flexibility index (Phi) is 3.59. The number of hydrogen-bond acceptors (Lipinski definition) is 3. The molecule has 1 saturated carbocycles. The second kappa shape index (κ2) is 4.95. The summed E-state index contributed by atoms with van der Waals surface area (Å²) in [7, 11) is 1.91. The van der Waals surface area contributed by atoms with Gasteiger partial charge in [0.2, 0.25) is 0 Å². The van der Waals surface area contributed by atoms with Crippen LogP contribution < -0.4 is 0 Å². The molecule has 1 aliphatic carbocycles. The van der Waals surface area contributed by atoms with Crippen LogP contribution in [0.2, 0.25) is 0 Å². The summed E-state index contributed by atoms with van der Waals surface area (Å²) in [4.78, 5) is 18.0. The molecule has 1 amide bonds. The molecule has 3 nitrogen and oxygen atoms in total. The van der Waals surface area contributed by atoms with Crippen molar-refractivity contribution in [3.05, 3.63) is 16.6 Å². The number of amides is 1. The van der Waals surface area contributed by atoms with Crippen molar-refractivity contribution in [2.45, 2.75) is 38.6 Å². The van der Waals surface area contributed by atoms with Crippen LogP contribution in [0, 0.1) is 5.92 Å². The number of rotatable bonds is 2. The third-order valence-electron chi connectivity index (χ3n) is 3.43. The highest BCUT2D eigenvalue weighted by Gasteiger charge is 2.26. The lowest BCUT2D eigenvalue weighted by molar-refractivity contribution is 0.0667. The van der Waals surface area contributed by atoms with E-state index in [0.29, 0.717) is 11.7 Å². The number of thiazole rings is 1. The van der Waals surface area contributed by atoms with Crippen LogP contribution >= 0.6 is 11.3 Å². The molecule has 0 aromatic carbocycles. The van der Waals surface area contributed by atoms with Crippen molar-refractivity contribution in [1.29, 1.82) is 0 Å². The third kappa shape index (κ3) is 2.43. The van der Waals surface area contributed by atoms with Gasteiger partial charge in [-0.15, -0.1) is 11.3 Å². The zero-order valence-electron chi connectivity index (χ0n) is 9.85. The monoisotopic (exact) mass is 238 g/mol. The van der Waals surface area contributed by atoms with Crippen LogP contribution in [-0.2, 0) is 0 Å². The molecular weight excluding hydrogens is 220 g/mol. The highest BCUT2D eigenvalue weighted by molar-refractivity contribution is 7.07. The minimum Gasteiger partial charge on any atom is -0.337 e. The standard InChI is InChI=1S/C12H18N2OS/c1-9-4-3-5-10(6-9)14(2)12(15)11-7-16-8-13-11/h7-10H,3-6H2,1-2H3. The van der Waals surface area contributed by atoms with Gasteiger partial charge in [-0.25, -0.2) is 4.98 Å². The Labute approximate surface area is 100 Å². The molecule has 1 aliphatic rings. The van der Waals surface area contributed by atoms with Crippen LogP contribution in [0.15, 0.2) is 10.9 Å². The minimum absolute atomic E-state index is 0.0698. The summed E-state index contributed by atoms with van der Waals surface area (Å²) < 4.78 is 0. The van der Waals surface area contributed by atoms with Crippen LogP contribution in [0.3, 0.4) is 0 Å². The molecule has 1 fully saturated rings. The van der Waals surface area contributed by atoms with Crippen molar-refractivity contribution in [1.82, 2.24) is 9.88 Å². The topological polar surface area (TPSA) is 33.2 Å². The molecule has 0 spiro atoms. The maximum Gasteiger partial charge on any atom is 0.273 e. The van der Waals surface area contributed by atoms with Gasteiger partial charge in [0.1, 0.15) is 5.69 Å². The van der Waals surface area contributed by atoms with Gasteiger partial charge >= 0.3 is 0 Å². The predicted molar refractivity (Wildman–Crippen MR) is 65.6 cm³/mol. The number of carbonyl (C=O) groups excluding carboxylic acids is 1. The molecule has 4 heteroatoms. The number of aromatic nitrogens is 1. The summed E-state index contributed by atoms with van der Waals surface area (Å²) in [5.74, 6) is 0.810. The Balaban J connectivity index is 2.01. The fraction of sp³-hybridized carbons (Fsp3) is 0.667. The van der Waals surface area contributed by atoms with Gasteiger partial charge in [-0.1, -0.05) is 19.8 Å².